The summed E-state index contributed by atoms with van der Waals surface area (Å²) in [6, 6.07) is 10.5. The van der Waals surface area contributed by atoms with Crippen molar-refractivity contribution < 1.29 is 23.8 Å². The molecule has 5 nitrogen and oxygen atoms in total. The highest BCUT2D eigenvalue weighted by Gasteiger charge is 2.21. The highest BCUT2D eigenvalue weighted by atomic mass is 35.5. The summed E-state index contributed by atoms with van der Waals surface area (Å²) in [5, 5.41) is 0.146. The third kappa shape index (κ3) is 8.35. The molecular formula is C28H37ClO5. The summed E-state index contributed by atoms with van der Waals surface area (Å²) in [6.07, 6.45) is 4.75. The van der Waals surface area contributed by atoms with Crippen LogP contribution in [0.2, 0.25) is 5.02 Å². The summed E-state index contributed by atoms with van der Waals surface area (Å²) in [4.78, 5) is 24.9. The van der Waals surface area contributed by atoms with E-state index in [1.54, 1.807) is 19.9 Å². The Balaban J connectivity index is 2.15. The standard InChI is InChI=1S/C28H37ClO5/c1-6-32-27(30)24-18-26(29)25(28(31)33-7-2)17-23(24)21-11-13-22(14-12-21)34-16-15-20(5)10-8-9-19(3)4/h11-14,17-20H,6-10,15-16H2,1-5H3. The molecule has 0 N–H and O–H groups in total. The van der Waals surface area contributed by atoms with Crippen molar-refractivity contribution in [3.63, 3.8) is 0 Å². The van der Waals surface area contributed by atoms with Gasteiger partial charge in [0.05, 0.1) is 36.0 Å². The lowest BCUT2D eigenvalue weighted by Gasteiger charge is -2.15. The van der Waals surface area contributed by atoms with Crippen LogP contribution in [0, 0.1) is 11.8 Å². The zero-order valence-corrected chi connectivity index (χ0v) is 21.7. The minimum Gasteiger partial charge on any atom is -0.494 e. The quantitative estimate of drug-likeness (QED) is 0.272. The molecule has 34 heavy (non-hydrogen) atoms. The van der Waals surface area contributed by atoms with Crippen LogP contribution in [0.5, 0.6) is 5.75 Å². The molecule has 1 atom stereocenters. The maximum atomic E-state index is 12.6. The Kier molecular flexibility index (Phi) is 11.4. The van der Waals surface area contributed by atoms with E-state index in [-0.39, 0.29) is 23.8 Å². The van der Waals surface area contributed by atoms with Gasteiger partial charge in [0.25, 0.3) is 0 Å². The number of ether oxygens (including phenoxy) is 3. The second-order valence-electron chi connectivity index (χ2n) is 8.91. The first-order valence-electron chi connectivity index (χ1n) is 12.2. The van der Waals surface area contributed by atoms with Gasteiger partial charge in [-0.1, -0.05) is 63.8 Å². The van der Waals surface area contributed by atoms with E-state index >= 15 is 0 Å². The summed E-state index contributed by atoms with van der Waals surface area (Å²) in [6.45, 7) is 11.4. The lowest BCUT2D eigenvalue weighted by Crippen LogP contribution is -2.10. The third-order valence-corrected chi connectivity index (χ3v) is 5.93. The van der Waals surface area contributed by atoms with E-state index in [0.29, 0.717) is 23.7 Å². The fourth-order valence-electron chi connectivity index (χ4n) is 3.68. The molecule has 0 bridgehead atoms. The smallest absolute Gasteiger partial charge is 0.339 e. The van der Waals surface area contributed by atoms with Crippen LogP contribution < -0.4 is 4.74 Å². The van der Waals surface area contributed by atoms with E-state index in [1.165, 1.54) is 25.3 Å². The van der Waals surface area contributed by atoms with E-state index in [4.69, 9.17) is 25.8 Å². The van der Waals surface area contributed by atoms with E-state index < -0.39 is 11.9 Å². The van der Waals surface area contributed by atoms with Crippen LogP contribution in [0.3, 0.4) is 0 Å². The average Bonchev–Trinajstić information content (AvgIpc) is 2.79. The van der Waals surface area contributed by atoms with Gasteiger partial charge >= 0.3 is 11.9 Å². The molecule has 0 aromatic heterocycles. The van der Waals surface area contributed by atoms with Crippen molar-refractivity contribution in [1.82, 2.24) is 0 Å². The summed E-state index contributed by atoms with van der Waals surface area (Å²) < 4.78 is 16.2. The van der Waals surface area contributed by atoms with Gasteiger partial charge in [0.15, 0.2) is 0 Å². The third-order valence-electron chi connectivity index (χ3n) is 5.62. The minimum absolute atomic E-state index is 0.146. The van der Waals surface area contributed by atoms with Crippen LogP contribution in [-0.4, -0.2) is 31.8 Å². The van der Waals surface area contributed by atoms with Crippen LogP contribution >= 0.6 is 11.6 Å². The van der Waals surface area contributed by atoms with Crippen molar-refractivity contribution in [3.05, 3.63) is 52.5 Å². The highest BCUT2D eigenvalue weighted by Crippen LogP contribution is 2.32. The van der Waals surface area contributed by atoms with Crippen molar-refractivity contribution >= 4 is 23.5 Å². The lowest BCUT2D eigenvalue weighted by atomic mass is 9.97. The predicted molar refractivity (Wildman–Crippen MR) is 137 cm³/mol. The summed E-state index contributed by atoms with van der Waals surface area (Å²) in [7, 11) is 0. The Morgan fingerprint density at radius 1 is 0.853 bits per heavy atom. The Hall–Kier alpha value is -2.53. The first kappa shape index (κ1) is 27.7. The van der Waals surface area contributed by atoms with Gasteiger partial charge in [-0.2, -0.15) is 0 Å². The molecule has 2 rings (SSSR count). The number of esters is 2. The number of carbonyl (C=O) groups excluding carboxylic acids is 2. The molecule has 2 aromatic carbocycles. The molecule has 0 radical (unpaired) electrons. The molecular weight excluding hydrogens is 452 g/mol. The zero-order chi connectivity index (χ0) is 25.1. The number of halogens is 1. The second kappa shape index (κ2) is 14.0. The number of carbonyl (C=O) groups is 2. The first-order valence-corrected chi connectivity index (χ1v) is 12.6. The van der Waals surface area contributed by atoms with Gasteiger partial charge in [0, 0.05) is 0 Å². The predicted octanol–water partition coefficient (Wildman–Crippen LogP) is 7.59. The van der Waals surface area contributed by atoms with Crippen LogP contribution in [0.1, 0.15) is 81.0 Å². The van der Waals surface area contributed by atoms with E-state index in [1.807, 2.05) is 24.3 Å². The Morgan fingerprint density at radius 2 is 1.47 bits per heavy atom. The van der Waals surface area contributed by atoms with Gasteiger partial charge in [-0.05, 0) is 67.5 Å². The van der Waals surface area contributed by atoms with Crippen molar-refractivity contribution in [1.29, 1.82) is 0 Å². The fraction of sp³-hybridized carbons (Fsp3) is 0.500. The molecule has 0 heterocycles. The molecule has 0 aliphatic rings. The molecule has 0 fully saturated rings. The highest BCUT2D eigenvalue weighted by molar-refractivity contribution is 6.34. The maximum Gasteiger partial charge on any atom is 0.339 e. The van der Waals surface area contributed by atoms with Crippen molar-refractivity contribution in [2.24, 2.45) is 11.8 Å². The van der Waals surface area contributed by atoms with Gasteiger partial charge in [-0.3, -0.25) is 0 Å². The first-order chi connectivity index (χ1) is 16.3. The van der Waals surface area contributed by atoms with Crippen molar-refractivity contribution in [3.8, 4) is 16.9 Å². The monoisotopic (exact) mass is 488 g/mol. The normalized spacial score (nSPS) is 11.9. The van der Waals surface area contributed by atoms with Gasteiger partial charge in [0.1, 0.15) is 5.75 Å². The zero-order valence-electron chi connectivity index (χ0n) is 21.0. The van der Waals surface area contributed by atoms with E-state index in [2.05, 4.69) is 20.8 Å². The van der Waals surface area contributed by atoms with Crippen LogP contribution in [-0.2, 0) is 9.47 Å². The largest absolute Gasteiger partial charge is 0.494 e. The van der Waals surface area contributed by atoms with Crippen molar-refractivity contribution in [2.75, 3.05) is 19.8 Å². The summed E-state index contributed by atoms with van der Waals surface area (Å²) in [5.41, 5.74) is 1.80. The summed E-state index contributed by atoms with van der Waals surface area (Å²) in [5.74, 6) is 1.10. The second-order valence-corrected chi connectivity index (χ2v) is 9.32. The van der Waals surface area contributed by atoms with Gasteiger partial charge < -0.3 is 14.2 Å². The topological polar surface area (TPSA) is 61.8 Å². The van der Waals surface area contributed by atoms with Gasteiger partial charge in [-0.25, -0.2) is 9.59 Å². The maximum absolute atomic E-state index is 12.6. The number of hydrogen-bond acceptors (Lipinski definition) is 5. The van der Waals surface area contributed by atoms with Gasteiger partial charge in [0.2, 0.25) is 0 Å². The number of rotatable bonds is 13. The SMILES string of the molecule is CCOC(=O)c1cc(-c2ccc(OCCC(C)CCCC(C)C)cc2)c(C(=O)OCC)cc1Cl. The molecule has 2 aromatic rings. The van der Waals surface area contributed by atoms with Crippen LogP contribution in [0.4, 0.5) is 0 Å². The molecule has 0 saturated carbocycles. The molecule has 6 heteroatoms. The molecule has 1 unspecified atom stereocenters. The number of hydrogen-bond donors (Lipinski definition) is 0. The van der Waals surface area contributed by atoms with E-state index in [9.17, 15) is 9.59 Å². The van der Waals surface area contributed by atoms with E-state index in [0.717, 1.165) is 23.7 Å². The molecule has 0 aliphatic heterocycles. The molecule has 0 aliphatic carbocycles. The number of benzene rings is 2. The summed E-state index contributed by atoms with van der Waals surface area (Å²) >= 11 is 6.29. The lowest BCUT2D eigenvalue weighted by molar-refractivity contribution is 0.0512. The van der Waals surface area contributed by atoms with Crippen LogP contribution in [0.25, 0.3) is 11.1 Å². The minimum atomic E-state index is -0.536. The molecule has 186 valence electrons. The van der Waals surface area contributed by atoms with Crippen LogP contribution in [0.15, 0.2) is 36.4 Å². The molecule has 0 amide bonds. The average molecular weight is 489 g/mol. The molecule has 0 saturated heterocycles. The Labute approximate surface area is 208 Å². The van der Waals surface area contributed by atoms with Gasteiger partial charge in [-0.15, -0.1) is 0 Å². The molecule has 0 spiro atoms. The Morgan fingerprint density at radius 3 is 2.06 bits per heavy atom. The van der Waals surface area contributed by atoms with Crippen molar-refractivity contribution in [2.45, 2.75) is 60.3 Å². The Bertz CT molecular complexity index is 937. The fourth-order valence-corrected chi connectivity index (χ4v) is 3.92.